The molecule has 0 N–H and O–H groups in total. The van der Waals surface area contributed by atoms with E-state index >= 15 is 0 Å². The summed E-state index contributed by atoms with van der Waals surface area (Å²) in [4.78, 5) is 23.1. The van der Waals surface area contributed by atoms with Crippen LogP contribution in [0.4, 0.5) is 10.1 Å². The highest BCUT2D eigenvalue weighted by molar-refractivity contribution is 6.31. The first-order valence-corrected chi connectivity index (χ1v) is 10.7. The Hall–Kier alpha value is -1.91. The third kappa shape index (κ3) is 7.79. The Balaban J connectivity index is 0.000000173. The van der Waals surface area contributed by atoms with Gasteiger partial charge in [0.2, 0.25) is 0 Å². The first-order chi connectivity index (χ1) is 14.0. The van der Waals surface area contributed by atoms with Crippen LogP contribution in [0.1, 0.15) is 65.7 Å². The van der Waals surface area contributed by atoms with Gasteiger partial charge in [0, 0.05) is 34.4 Å². The second-order valence-electron chi connectivity index (χ2n) is 7.07. The van der Waals surface area contributed by atoms with Gasteiger partial charge in [-0.3, -0.25) is 9.59 Å². The van der Waals surface area contributed by atoms with Gasteiger partial charge in [-0.15, -0.1) is 0 Å². The predicted molar refractivity (Wildman–Crippen MR) is 118 cm³/mol. The van der Waals surface area contributed by atoms with Crippen molar-refractivity contribution < 1.29 is 14.0 Å². The van der Waals surface area contributed by atoms with E-state index in [9.17, 15) is 14.0 Å². The van der Waals surface area contributed by atoms with E-state index < -0.39 is 5.82 Å². The molecule has 0 spiro atoms. The fourth-order valence-electron chi connectivity index (χ4n) is 3.33. The van der Waals surface area contributed by atoms with Crippen molar-refractivity contribution in [3.05, 3.63) is 63.4 Å². The van der Waals surface area contributed by atoms with Crippen molar-refractivity contribution in [3.8, 4) is 0 Å². The predicted octanol–water partition coefficient (Wildman–Crippen LogP) is 6.99. The minimum absolute atomic E-state index is 0.0319. The molecule has 0 amide bonds. The molecule has 2 aliphatic rings. The summed E-state index contributed by atoms with van der Waals surface area (Å²) in [6.45, 7) is 2.06. The van der Waals surface area contributed by atoms with E-state index in [-0.39, 0.29) is 5.56 Å². The smallest absolute Gasteiger partial charge is 0.152 e. The molecule has 29 heavy (non-hydrogen) atoms. The number of aldehydes is 2. The van der Waals surface area contributed by atoms with E-state index in [2.05, 4.69) is 4.90 Å². The van der Waals surface area contributed by atoms with Gasteiger partial charge in [0.1, 0.15) is 5.82 Å². The Bertz CT molecular complexity index is 796. The van der Waals surface area contributed by atoms with Crippen molar-refractivity contribution in [2.45, 2.75) is 44.9 Å². The quantitative estimate of drug-likeness (QED) is 0.485. The highest BCUT2D eigenvalue weighted by atomic mass is 35.5. The molecule has 0 unspecified atom stereocenters. The maximum Gasteiger partial charge on any atom is 0.152 e. The van der Waals surface area contributed by atoms with Crippen molar-refractivity contribution >= 4 is 41.5 Å². The average Bonchev–Trinajstić information content (AvgIpc) is 3.45. The van der Waals surface area contributed by atoms with Crippen molar-refractivity contribution in [1.29, 1.82) is 0 Å². The lowest BCUT2D eigenvalue weighted by Gasteiger charge is -2.19. The minimum Gasteiger partial charge on any atom is -0.371 e. The van der Waals surface area contributed by atoms with Crippen molar-refractivity contribution in [1.82, 2.24) is 0 Å². The van der Waals surface area contributed by atoms with Crippen LogP contribution in [0.25, 0.3) is 0 Å². The SMILES string of the molecule is C1CCCC1.O=Cc1ccc(Cl)cc1F.O=Cc1ccc(Cl)cc1N1CCCC1. The number of hydrogen-bond acceptors (Lipinski definition) is 3. The number of anilines is 1. The number of carbonyl (C=O) groups is 2. The molecule has 1 saturated heterocycles. The molecule has 0 atom stereocenters. The highest BCUT2D eigenvalue weighted by Crippen LogP contribution is 2.26. The Labute approximate surface area is 181 Å². The van der Waals surface area contributed by atoms with Gasteiger partial charge < -0.3 is 4.90 Å². The van der Waals surface area contributed by atoms with Crippen LogP contribution in [0.2, 0.25) is 10.0 Å². The monoisotopic (exact) mass is 437 g/mol. The van der Waals surface area contributed by atoms with Gasteiger partial charge in [-0.05, 0) is 49.2 Å². The van der Waals surface area contributed by atoms with Crippen LogP contribution in [0.3, 0.4) is 0 Å². The molecule has 4 rings (SSSR count). The third-order valence-corrected chi connectivity index (χ3v) is 5.38. The summed E-state index contributed by atoms with van der Waals surface area (Å²) in [5, 5.41) is 0.987. The van der Waals surface area contributed by atoms with Crippen molar-refractivity contribution in [3.63, 3.8) is 0 Å². The first kappa shape index (κ1) is 23.4. The minimum atomic E-state index is -0.581. The third-order valence-electron chi connectivity index (χ3n) is 4.91. The van der Waals surface area contributed by atoms with E-state index in [1.165, 1.54) is 57.1 Å². The molecule has 3 nitrogen and oxygen atoms in total. The Kier molecular flexibility index (Phi) is 10.2. The maximum atomic E-state index is 12.5. The highest BCUT2D eigenvalue weighted by Gasteiger charge is 2.15. The molecule has 6 heteroatoms. The lowest BCUT2D eigenvalue weighted by Crippen LogP contribution is -2.19. The molecule has 1 heterocycles. The van der Waals surface area contributed by atoms with E-state index in [0.717, 1.165) is 36.7 Å². The second-order valence-corrected chi connectivity index (χ2v) is 7.94. The second kappa shape index (κ2) is 12.6. The van der Waals surface area contributed by atoms with Gasteiger partial charge in [0.25, 0.3) is 0 Å². The molecule has 0 bridgehead atoms. The molecule has 1 saturated carbocycles. The zero-order chi connectivity index (χ0) is 21.1. The summed E-state index contributed by atoms with van der Waals surface area (Å²) in [5.74, 6) is -0.581. The summed E-state index contributed by atoms with van der Waals surface area (Å²) < 4.78 is 12.5. The van der Waals surface area contributed by atoms with Gasteiger partial charge in [0.15, 0.2) is 12.6 Å². The zero-order valence-electron chi connectivity index (χ0n) is 16.4. The van der Waals surface area contributed by atoms with Gasteiger partial charge in [0.05, 0.1) is 5.56 Å². The maximum absolute atomic E-state index is 12.5. The molecule has 156 valence electrons. The van der Waals surface area contributed by atoms with E-state index in [0.29, 0.717) is 16.3 Å². The number of carbonyl (C=O) groups excluding carboxylic acids is 2. The largest absolute Gasteiger partial charge is 0.371 e. The molecule has 0 aromatic heterocycles. The average molecular weight is 438 g/mol. The van der Waals surface area contributed by atoms with Crippen molar-refractivity contribution in [2.75, 3.05) is 18.0 Å². The molecule has 0 radical (unpaired) electrons. The van der Waals surface area contributed by atoms with Crippen LogP contribution < -0.4 is 4.90 Å². The molecule has 2 aromatic rings. The van der Waals surface area contributed by atoms with Crippen LogP contribution in [0.15, 0.2) is 36.4 Å². The van der Waals surface area contributed by atoms with Gasteiger partial charge in [-0.2, -0.15) is 0 Å². The van der Waals surface area contributed by atoms with Gasteiger partial charge in [-0.1, -0.05) is 55.3 Å². The van der Waals surface area contributed by atoms with Crippen LogP contribution in [-0.2, 0) is 0 Å². The standard InChI is InChI=1S/C11H12ClNO.C7H4ClFO.C5H10/c12-10-4-3-9(8-14)11(7-10)13-5-1-2-6-13;8-6-2-1-5(4-10)7(9)3-6;1-2-4-5-3-1/h3-4,7-8H,1-2,5-6H2;1-4H;1-5H2. The summed E-state index contributed by atoms with van der Waals surface area (Å²) in [5.41, 5.74) is 1.74. The van der Waals surface area contributed by atoms with E-state index in [4.69, 9.17) is 23.2 Å². The van der Waals surface area contributed by atoms with Crippen molar-refractivity contribution in [2.24, 2.45) is 0 Å². The lowest BCUT2D eigenvalue weighted by molar-refractivity contribution is 0.111. The molecular formula is C23H26Cl2FNO2. The molecule has 1 aliphatic heterocycles. The zero-order valence-corrected chi connectivity index (χ0v) is 17.9. The van der Waals surface area contributed by atoms with Crippen LogP contribution in [-0.4, -0.2) is 25.7 Å². The van der Waals surface area contributed by atoms with E-state index in [1.54, 1.807) is 12.1 Å². The van der Waals surface area contributed by atoms with E-state index in [1.807, 2.05) is 6.07 Å². The number of hydrogen-bond donors (Lipinski definition) is 0. The molecular weight excluding hydrogens is 412 g/mol. The van der Waals surface area contributed by atoms with Gasteiger partial charge in [-0.25, -0.2) is 4.39 Å². The fourth-order valence-corrected chi connectivity index (χ4v) is 3.65. The Morgan fingerprint density at radius 3 is 1.69 bits per heavy atom. The summed E-state index contributed by atoms with van der Waals surface area (Å²) in [6.07, 6.45) is 11.2. The fraction of sp³-hybridized carbons (Fsp3) is 0.391. The van der Waals surface area contributed by atoms with Gasteiger partial charge >= 0.3 is 0 Å². The van der Waals surface area contributed by atoms with Crippen LogP contribution in [0.5, 0.6) is 0 Å². The summed E-state index contributed by atoms with van der Waals surface area (Å²) in [7, 11) is 0. The molecule has 2 aromatic carbocycles. The molecule has 1 aliphatic carbocycles. The summed E-state index contributed by atoms with van der Waals surface area (Å²) in [6, 6.07) is 9.31. The van der Waals surface area contributed by atoms with Crippen LogP contribution in [0, 0.1) is 5.82 Å². The molecule has 2 fully saturated rings. The van der Waals surface area contributed by atoms with Crippen LogP contribution >= 0.6 is 23.2 Å². The topological polar surface area (TPSA) is 37.4 Å². The summed E-state index contributed by atoms with van der Waals surface area (Å²) >= 11 is 11.3. The number of rotatable bonds is 3. The normalized spacial score (nSPS) is 15.1. The lowest BCUT2D eigenvalue weighted by atomic mass is 10.2. The number of halogens is 3. The first-order valence-electron chi connectivity index (χ1n) is 9.95. The number of benzene rings is 2. The Morgan fingerprint density at radius 2 is 1.21 bits per heavy atom. The number of nitrogens with zero attached hydrogens (tertiary/aromatic N) is 1. The Morgan fingerprint density at radius 1 is 0.724 bits per heavy atom.